The average molecular weight is 300 g/mol. The summed E-state index contributed by atoms with van der Waals surface area (Å²) in [4.78, 5) is 0. The van der Waals surface area contributed by atoms with Gasteiger partial charge in [-0.15, -0.1) is 0 Å². The first kappa shape index (κ1) is 11.5. The SMILES string of the molecule is Cc1ccc2c(ccn2Cc2ccc(Br)cc2)c1. The van der Waals surface area contributed by atoms with Gasteiger partial charge in [0.25, 0.3) is 0 Å². The van der Waals surface area contributed by atoms with E-state index in [4.69, 9.17) is 0 Å². The number of aromatic nitrogens is 1. The Kier molecular flexibility index (Phi) is 2.96. The molecule has 0 amide bonds. The smallest absolute Gasteiger partial charge is 0.0483 e. The summed E-state index contributed by atoms with van der Waals surface area (Å²) in [5.41, 5.74) is 3.92. The first-order valence-electron chi connectivity index (χ1n) is 6.02. The Bertz CT molecular complexity index is 680. The molecular weight excluding hydrogens is 286 g/mol. The van der Waals surface area contributed by atoms with Crippen LogP contribution in [0.15, 0.2) is 59.2 Å². The molecule has 18 heavy (non-hydrogen) atoms. The Labute approximate surface area is 115 Å². The van der Waals surface area contributed by atoms with Gasteiger partial charge in [-0.25, -0.2) is 0 Å². The molecule has 2 aromatic carbocycles. The third-order valence-electron chi connectivity index (χ3n) is 3.19. The molecule has 90 valence electrons. The highest BCUT2D eigenvalue weighted by Gasteiger charge is 2.02. The van der Waals surface area contributed by atoms with Crippen LogP contribution in [0.5, 0.6) is 0 Å². The minimum Gasteiger partial charge on any atom is -0.343 e. The lowest BCUT2D eigenvalue weighted by molar-refractivity contribution is 0.836. The maximum Gasteiger partial charge on any atom is 0.0483 e. The third kappa shape index (κ3) is 2.21. The van der Waals surface area contributed by atoms with Crippen LogP contribution < -0.4 is 0 Å². The molecular formula is C16H14BrN. The second-order valence-electron chi connectivity index (χ2n) is 4.63. The molecule has 2 heteroatoms. The lowest BCUT2D eigenvalue weighted by atomic mass is 10.2. The Morgan fingerprint density at radius 1 is 1.00 bits per heavy atom. The Morgan fingerprint density at radius 3 is 2.56 bits per heavy atom. The van der Waals surface area contributed by atoms with Crippen LogP contribution in [0.3, 0.4) is 0 Å². The van der Waals surface area contributed by atoms with Gasteiger partial charge < -0.3 is 4.57 Å². The van der Waals surface area contributed by atoms with Crippen molar-refractivity contribution in [3.8, 4) is 0 Å². The van der Waals surface area contributed by atoms with E-state index in [2.05, 4.69) is 82.1 Å². The number of hydrogen-bond acceptors (Lipinski definition) is 0. The van der Waals surface area contributed by atoms with Crippen LogP contribution in [0.1, 0.15) is 11.1 Å². The molecule has 1 nitrogen and oxygen atoms in total. The molecule has 0 aliphatic rings. The van der Waals surface area contributed by atoms with Crippen LogP contribution in [-0.4, -0.2) is 4.57 Å². The molecule has 0 radical (unpaired) electrons. The highest BCUT2D eigenvalue weighted by atomic mass is 79.9. The molecule has 0 fully saturated rings. The maximum atomic E-state index is 3.46. The zero-order chi connectivity index (χ0) is 12.5. The van der Waals surface area contributed by atoms with Crippen molar-refractivity contribution in [1.29, 1.82) is 0 Å². The molecule has 1 aromatic heterocycles. The molecule has 3 aromatic rings. The van der Waals surface area contributed by atoms with Crippen LogP contribution in [0.4, 0.5) is 0 Å². The second-order valence-corrected chi connectivity index (χ2v) is 5.55. The van der Waals surface area contributed by atoms with Crippen molar-refractivity contribution in [3.05, 3.63) is 70.3 Å². The summed E-state index contributed by atoms with van der Waals surface area (Å²) < 4.78 is 3.41. The largest absolute Gasteiger partial charge is 0.343 e. The quantitative estimate of drug-likeness (QED) is 0.643. The standard InChI is InChI=1S/C16H14BrN/c1-12-2-7-16-14(10-12)8-9-18(16)11-13-3-5-15(17)6-4-13/h2-10H,11H2,1H3. The van der Waals surface area contributed by atoms with Gasteiger partial charge in [-0.1, -0.05) is 39.7 Å². The van der Waals surface area contributed by atoms with Crippen LogP contribution in [0.2, 0.25) is 0 Å². The first-order valence-corrected chi connectivity index (χ1v) is 6.81. The van der Waals surface area contributed by atoms with Gasteiger partial charge in [-0.05, 0) is 48.2 Å². The van der Waals surface area contributed by atoms with E-state index in [0.717, 1.165) is 11.0 Å². The molecule has 0 aliphatic carbocycles. The van der Waals surface area contributed by atoms with E-state index in [9.17, 15) is 0 Å². The number of nitrogens with zero attached hydrogens (tertiary/aromatic N) is 1. The third-order valence-corrected chi connectivity index (χ3v) is 3.72. The van der Waals surface area contributed by atoms with Crippen molar-refractivity contribution in [3.63, 3.8) is 0 Å². The zero-order valence-corrected chi connectivity index (χ0v) is 11.8. The van der Waals surface area contributed by atoms with Crippen molar-refractivity contribution in [2.45, 2.75) is 13.5 Å². The summed E-state index contributed by atoms with van der Waals surface area (Å²) in [6, 6.07) is 17.3. The fourth-order valence-corrected chi connectivity index (χ4v) is 2.51. The number of aryl methyl sites for hydroxylation is 1. The molecule has 0 aliphatic heterocycles. The van der Waals surface area contributed by atoms with E-state index in [1.54, 1.807) is 0 Å². The van der Waals surface area contributed by atoms with Gasteiger partial charge in [0.15, 0.2) is 0 Å². The summed E-state index contributed by atoms with van der Waals surface area (Å²) in [6.07, 6.45) is 2.16. The van der Waals surface area contributed by atoms with E-state index in [1.165, 1.54) is 22.0 Å². The Hall–Kier alpha value is -1.54. The van der Waals surface area contributed by atoms with Gasteiger partial charge >= 0.3 is 0 Å². The topological polar surface area (TPSA) is 4.93 Å². The van der Waals surface area contributed by atoms with Gasteiger partial charge in [0.05, 0.1) is 0 Å². The van der Waals surface area contributed by atoms with Crippen molar-refractivity contribution < 1.29 is 0 Å². The number of fused-ring (bicyclic) bond motifs is 1. The van der Waals surface area contributed by atoms with E-state index >= 15 is 0 Å². The number of benzene rings is 2. The second kappa shape index (κ2) is 4.62. The summed E-state index contributed by atoms with van der Waals surface area (Å²) in [5, 5.41) is 1.31. The van der Waals surface area contributed by atoms with Gasteiger partial charge in [0.2, 0.25) is 0 Å². The van der Waals surface area contributed by atoms with Gasteiger partial charge in [-0.2, -0.15) is 0 Å². The number of halogens is 1. The van der Waals surface area contributed by atoms with Crippen LogP contribution >= 0.6 is 15.9 Å². The molecule has 1 heterocycles. The molecule has 0 unspecified atom stereocenters. The van der Waals surface area contributed by atoms with Crippen LogP contribution in [-0.2, 0) is 6.54 Å². The van der Waals surface area contributed by atoms with Crippen LogP contribution in [0, 0.1) is 6.92 Å². The number of rotatable bonds is 2. The Morgan fingerprint density at radius 2 is 1.78 bits per heavy atom. The van der Waals surface area contributed by atoms with Gasteiger partial charge in [0.1, 0.15) is 0 Å². The van der Waals surface area contributed by atoms with Crippen molar-refractivity contribution in [2.75, 3.05) is 0 Å². The minimum atomic E-state index is 0.917. The summed E-state index contributed by atoms with van der Waals surface area (Å²) in [6.45, 7) is 3.05. The van der Waals surface area contributed by atoms with E-state index in [-0.39, 0.29) is 0 Å². The summed E-state index contributed by atoms with van der Waals surface area (Å²) in [7, 11) is 0. The molecule has 0 N–H and O–H groups in total. The zero-order valence-electron chi connectivity index (χ0n) is 10.2. The summed E-state index contributed by atoms with van der Waals surface area (Å²) >= 11 is 3.46. The highest BCUT2D eigenvalue weighted by Crippen LogP contribution is 2.19. The van der Waals surface area contributed by atoms with Crippen molar-refractivity contribution in [2.24, 2.45) is 0 Å². The fraction of sp³-hybridized carbons (Fsp3) is 0.125. The van der Waals surface area contributed by atoms with Crippen LogP contribution in [0.25, 0.3) is 10.9 Å². The van der Waals surface area contributed by atoms with E-state index < -0.39 is 0 Å². The van der Waals surface area contributed by atoms with Gasteiger partial charge in [-0.3, -0.25) is 0 Å². The predicted octanol–water partition coefficient (Wildman–Crippen LogP) is 4.76. The number of hydrogen-bond donors (Lipinski definition) is 0. The minimum absolute atomic E-state index is 0.917. The molecule has 0 saturated heterocycles. The Balaban J connectivity index is 1.97. The molecule has 0 atom stereocenters. The first-order chi connectivity index (χ1) is 8.72. The van der Waals surface area contributed by atoms with Crippen molar-refractivity contribution in [1.82, 2.24) is 4.57 Å². The molecule has 0 spiro atoms. The highest BCUT2D eigenvalue weighted by molar-refractivity contribution is 9.10. The lowest BCUT2D eigenvalue weighted by Gasteiger charge is -2.06. The fourth-order valence-electron chi connectivity index (χ4n) is 2.24. The molecule has 3 rings (SSSR count). The average Bonchev–Trinajstić information content (AvgIpc) is 2.74. The van der Waals surface area contributed by atoms with E-state index in [1.807, 2.05) is 0 Å². The van der Waals surface area contributed by atoms with E-state index in [0.29, 0.717) is 0 Å². The maximum absolute atomic E-state index is 3.46. The predicted molar refractivity (Wildman–Crippen MR) is 79.9 cm³/mol. The van der Waals surface area contributed by atoms with Crippen molar-refractivity contribution >= 4 is 26.8 Å². The molecule has 0 bridgehead atoms. The summed E-state index contributed by atoms with van der Waals surface area (Å²) in [5.74, 6) is 0. The molecule has 0 saturated carbocycles. The van der Waals surface area contributed by atoms with Gasteiger partial charge in [0, 0.05) is 22.7 Å². The normalized spacial score (nSPS) is 11.0. The monoisotopic (exact) mass is 299 g/mol. The lowest BCUT2D eigenvalue weighted by Crippen LogP contribution is -1.97.